The molecular formula is C13H24N2O3. The first kappa shape index (κ1) is 15.0. The Hall–Kier alpha value is -1.10. The monoisotopic (exact) mass is 256 g/mol. The largest absolute Gasteiger partial charge is 0.480 e. The molecule has 1 rings (SSSR count). The number of nitrogens with two attached hydrogens (primary N) is 1. The van der Waals surface area contributed by atoms with Gasteiger partial charge in [-0.05, 0) is 24.7 Å². The quantitative estimate of drug-likeness (QED) is 0.792. The summed E-state index contributed by atoms with van der Waals surface area (Å²) in [6.45, 7) is 6.26. The van der Waals surface area contributed by atoms with Crippen molar-refractivity contribution in [1.82, 2.24) is 4.90 Å². The maximum absolute atomic E-state index is 12.2. The van der Waals surface area contributed by atoms with Gasteiger partial charge >= 0.3 is 5.97 Å². The summed E-state index contributed by atoms with van der Waals surface area (Å²) in [6, 6.07) is -0.917. The van der Waals surface area contributed by atoms with Gasteiger partial charge in [0.25, 0.3) is 0 Å². The maximum Gasteiger partial charge on any atom is 0.326 e. The van der Waals surface area contributed by atoms with Crippen molar-refractivity contribution in [1.29, 1.82) is 0 Å². The third kappa shape index (κ3) is 3.22. The number of carboxylic acid groups (broad SMARTS) is 1. The van der Waals surface area contributed by atoms with Gasteiger partial charge < -0.3 is 15.7 Å². The van der Waals surface area contributed by atoms with Crippen LogP contribution in [-0.4, -0.2) is 40.5 Å². The summed E-state index contributed by atoms with van der Waals surface area (Å²) >= 11 is 0. The highest BCUT2D eigenvalue weighted by Crippen LogP contribution is 2.35. The summed E-state index contributed by atoms with van der Waals surface area (Å²) in [4.78, 5) is 25.1. The van der Waals surface area contributed by atoms with E-state index in [0.717, 1.165) is 19.3 Å². The second kappa shape index (κ2) is 5.69. The summed E-state index contributed by atoms with van der Waals surface area (Å²) in [7, 11) is 0. The molecule has 0 radical (unpaired) electrons. The molecule has 18 heavy (non-hydrogen) atoms. The number of rotatable bonds is 4. The third-order valence-corrected chi connectivity index (χ3v) is 3.79. The molecular weight excluding hydrogens is 232 g/mol. The fraction of sp³-hybridized carbons (Fsp3) is 0.846. The van der Waals surface area contributed by atoms with Crippen LogP contribution in [0.4, 0.5) is 0 Å². The Bertz CT molecular complexity index is 328. The molecule has 3 N–H and O–H groups in total. The van der Waals surface area contributed by atoms with E-state index in [1.807, 2.05) is 20.8 Å². The molecule has 1 aliphatic rings. The molecule has 1 fully saturated rings. The van der Waals surface area contributed by atoms with Crippen LogP contribution >= 0.6 is 0 Å². The third-order valence-electron chi connectivity index (χ3n) is 3.79. The summed E-state index contributed by atoms with van der Waals surface area (Å²) < 4.78 is 0. The zero-order chi connectivity index (χ0) is 13.9. The van der Waals surface area contributed by atoms with Crippen LogP contribution in [0.1, 0.15) is 46.5 Å². The van der Waals surface area contributed by atoms with E-state index in [0.29, 0.717) is 6.54 Å². The molecule has 1 amide bonds. The number of hydrogen-bond acceptors (Lipinski definition) is 3. The van der Waals surface area contributed by atoms with Crippen molar-refractivity contribution in [2.75, 3.05) is 6.54 Å². The number of piperidine rings is 1. The van der Waals surface area contributed by atoms with Crippen molar-refractivity contribution < 1.29 is 14.7 Å². The van der Waals surface area contributed by atoms with E-state index in [1.165, 1.54) is 4.90 Å². The van der Waals surface area contributed by atoms with Crippen molar-refractivity contribution in [3.63, 3.8) is 0 Å². The van der Waals surface area contributed by atoms with Crippen LogP contribution in [0.5, 0.6) is 0 Å². The SMILES string of the molecule is CCC(N)CC(=O)N1CCCC(C)(C)C1C(=O)O. The predicted molar refractivity (Wildman–Crippen MR) is 69.0 cm³/mol. The molecule has 104 valence electrons. The zero-order valence-electron chi connectivity index (χ0n) is 11.5. The van der Waals surface area contributed by atoms with Crippen LogP contribution < -0.4 is 5.73 Å². The molecule has 0 saturated carbocycles. The number of hydrogen-bond donors (Lipinski definition) is 2. The Morgan fingerprint density at radius 1 is 1.50 bits per heavy atom. The standard InChI is InChI=1S/C13H24N2O3/c1-4-9(14)8-10(16)15-7-5-6-13(2,3)11(15)12(17)18/h9,11H,4-8,14H2,1-3H3,(H,17,18). The highest BCUT2D eigenvalue weighted by atomic mass is 16.4. The Kier molecular flexibility index (Phi) is 4.73. The van der Waals surface area contributed by atoms with Gasteiger partial charge in [0.05, 0.1) is 0 Å². The van der Waals surface area contributed by atoms with E-state index in [4.69, 9.17) is 5.73 Å². The molecule has 2 unspecified atom stereocenters. The lowest BCUT2D eigenvalue weighted by Crippen LogP contribution is -2.56. The minimum atomic E-state index is -0.918. The van der Waals surface area contributed by atoms with Crippen LogP contribution in [0.3, 0.4) is 0 Å². The predicted octanol–water partition coefficient (Wildman–Crippen LogP) is 1.22. The molecule has 0 aromatic carbocycles. The molecule has 0 bridgehead atoms. The molecule has 5 nitrogen and oxygen atoms in total. The van der Waals surface area contributed by atoms with Gasteiger partial charge in [-0.1, -0.05) is 20.8 Å². The summed E-state index contributed by atoms with van der Waals surface area (Å²) in [5.41, 5.74) is 5.40. The molecule has 1 aliphatic heterocycles. The van der Waals surface area contributed by atoms with Gasteiger partial charge in [0.2, 0.25) is 5.91 Å². The Morgan fingerprint density at radius 3 is 2.61 bits per heavy atom. The molecule has 2 atom stereocenters. The Balaban J connectivity index is 2.84. The van der Waals surface area contributed by atoms with Crippen LogP contribution in [0.2, 0.25) is 0 Å². The van der Waals surface area contributed by atoms with E-state index in [9.17, 15) is 14.7 Å². The van der Waals surface area contributed by atoms with Crippen LogP contribution in [0.15, 0.2) is 0 Å². The first-order chi connectivity index (χ1) is 8.29. The lowest BCUT2D eigenvalue weighted by molar-refractivity contribution is -0.159. The number of likely N-dealkylation sites (tertiary alicyclic amines) is 1. The van der Waals surface area contributed by atoms with E-state index in [-0.39, 0.29) is 23.8 Å². The van der Waals surface area contributed by atoms with Crippen LogP contribution in [0.25, 0.3) is 0 Å². The second-order valence-electron chi connectivity index (χ2n) is 5.79. The smallest absolute Gasteiger partial charge is 0.326 e. The topological polar surface area (TPSA) is 83.6 Å². The van der Waals surface area contributed by atoms with E-state index in [1.54, 1.807) is 0 Å². The molecule has 0 aromatic heterocycles. The Morgan fingerprint density at radius 2 is 2.11 bits per heavy atom. The number of amides is 1. The summed E-state index contributed by atoms with van der Waals surface area (Å²) in [5, 5.41) is 9.36. The Labute approximate surface area is 108 Å². The van der Waals surface area contributed by atoms with Crippen LogP contribution in [-0.2, 0) is 9.59 Å². The normalized spacial score (nSPS) is 24.7. The highest BCUT2D eigenvalue weighted by Gasteiger charge is 2.44. The van der Waals surface area contributed by atoms with E-state index >= 15 is 0 Å². The van der Waals surface area contributed by atoms with Crippen molar-refractivity contribution in [3.05, 3.63) is 0 Å². The first-order valence-corrected chi connectivity index (χ1v) is 6.57. The fourth-order valence-electron chi connectivity index (χ4n) is 2.61. The number of carbonyl (C=O) groups is 2. The lowest BCUT2D eigenvalue weighted by atomic mass is 9.76. The fourth-order valence-corrected chi connectivity index (χ4v) is 2.61. The van der Waals surface area contributed by atoms with Gasteiger partial charge in [-0.15, -0.1) is 0 Å². The van der Waals surface area contributed by atoms with Crippen molar-refractivity contribution in [2.24, 2.45) is 11.1 Å². The second-order valence-corrected chi connectivity index (χ2v) is 5.79. The van der Waals surface area contributed by atoms with Gasteiger partial charge in [-0.2, -0.15) is 0 Å². The van der Waals surface area contributed by atoms with E-state index in [2.05, 4.69) is 0 Å². The molecule has 0 aromatic rings. The van der Waals surface area contributed by atoms with Gasteiger partial charge in [0, 0.05) is 19.0 Å². The average molecular weight is 256 g/mol. The minimum Gasteiger partial charge on any atom is -0.480 e. The number of aliphatic carboxylic acids is 1. The minimum absolute atomic E-state index is 0.135. The van der Waals surface area contributed by atoms with Gasteiger partial charge in [0.15, 0.2) is 0 Å². The zero-order valence-corrected chi connectivity index (χ0v) is 11.5. The molecule has 1 heterocycles. The molecule has 0 aliphatic carbocycles. The average Bonchev–Trinajstić information content (AvgIpc) is 2.26. The number of nitrogens with zero attached hydrogens (tertiary/aromatic N) is 1. The molecule has 5 heteroatoms. The maximum atomic E-state index is 12.2. The van der Waals surface area contributed by atoms with Crippen LogP contribution in [0, 0.1) is 5.41 Å². The lowest BCUT2D eigenvalue weighted by Gasteiger charge is -2.44. The highest BCUT2D eigenvalue weighted by molar-refractivity contribution is 5.84. The number of carboxylic acids is 1. The van der Waals surface area contributed by atoms with Gasteiger partial charge in [-0.25, -0.2) is 4.79 Å². The summed E-state index contributed by atoms with van der Waals surface area (Å²) in [6.07, 6.45) is 2.63. The van der Waals surface area contributed by atoms with Crippen molar-refractivity contribution in [2.45, 2.75) is 58.5 Å². The molecule has 1 saturated heterocycles. The van der Waals surface area contributed by atoms with Crippen molar-refractivity contribution in [3.8, 4) is 0 Å². The summed E-state index contributed by atoms with van der Waals surface area (Å²) in [5.74, 6) is -1.05. The number of carbonyl (C=O) groups excluding carboxylic acids is 1. The first-order valence-electron chi connectivity index (χ1n) is 6.57. The van der Waals surface area contributed by atoms with Crippen molar-refractivity contribution >= 4 is 11.9 Å². The van der Waals surface area contributed by atoms with Gasteiger partial charge in [0.1, 0.15) is 6.04 Å². The molecule has 0 spiro atoms. The van der Waals surface area contributed by atoms with E-state index < -0.39 is 12.0 Å². The van der Waals surface area contributed by atoms with Gasteiger partial charge in [-0.3, -0.25) is 4.79 Å².